The van der Waals surface area contributed by atoms with Gasteiger partial charge in [0.15, 0.2) is 5.60 Å². The number of rotatable bonds is 0. The normalized spacial score (nSPS) is 56.1. The molecule has 2 bridgehead atoms. The molecule has 0 aromatic carbocycles. The van der Waals surface area contributed by atoms with Gasteiger partial charge in [-0.25, -0.2) is 0 Å². The van der Waals surface area contributed by atoms with Crippen molar-refractivity contribution in [3.8, 4) is 0 Å². The van der Waals surface area contributed by atoms with Gasteiger partial charge in [-0.05, 0) is 12.3 Å². The molecule has 5 atom stereocenters. The van der Waals surface area contributed by atoms with Gasteiger partial charge in [-0.15, -0.1) is 0 Å². The third kappa shape index (κ3) is 0.779. The van der Waals surface area contributed by atoms with Gasteiger partial charge < -0.3 is 4.74 Å². The standard InChI is InChI=1S/C11H8Cl2F4O/c12-9(13)8(10(14,15)11(9,16)17)6-4-1-2-5(3-4)7(6)18-8/h1-2,4-7H,3H2. The Labute approximate surface area is 110 Å². The van der Waals surface area contributed by atoms with Crippen LogP contribution in [0, 0.1) is 17.8 Å². The fraction of sp³-hybridized carbons (Fsp3) is 0.818. The Morgan fingerprint density at radius 1 is 1.00 bits per heavy atom. The molecule has 0 radical (unpaired) electrons. The maximum atomic E-state index is 13.8. The lowest BCUT2D eigenvalue weighted by Crippen LogP contribution is -2.93. The summed E-state index contributed by atoms with van der Waals surface area (Å²) in [4.78, 5) is 0. The van der Waals surface area contributed by atoms with E-state index in [0.717, 1.165) is 0 Å². The summed E-state index contributed by atoms with van der Waals surface area (Å²) in [7, 11) is 0. The molecule has 1 heterocycles. The van der Waals surface area contributed by atoms with Crippen LogP contribution in [-0.2, 0) is 4.74 Å². The van der Waals surface area contributed by atoms with E-state index in [-0.39, 0.29) is 11.8 Å². The lowest BCUT2D eigenvalue weighted by molar-refractivity contribution is -0.470. The number of fused-ring (bicyclic) bond motifs is 6. The summed E-state index contributed by atoms with van der Waals surface area (Å²) in [5.41, 5.74) is -2.43. The first-order chi connectivity index (χ1) is 8.18. The minimum atomic E-state index is -4.46. The number of ether oxygens (including phenoxy) is 1. The molecule has 4 aliphatic rings. The Balaban J connectivity index is 1.81. The minimum absolute atomic E-state index is 0.0276. The molecule has 1 spiro atoms. The van der Waals surface area contributed by atoms with Gasteiger partial charge in [-0.1, -0.05) is 35.4 Å². The largest absolute Gasteiger partial charge is 0.360 e. The third-order valence-corrected chi connectivity index (χ3v) is 5.94. The highest BCUT2D eigenvalue weighted by Crippen LogP contribution is 2.80. The first-order valence-corrected chi connectivity index (χ1v) is 6.43. The van der Waals surface area contributed by atoms with Crippen LogP contribution >= 0.6 is 23.2 Å². The Kier molecular flexibility index (Phi) is 1.78. The monoisotopic (exact) mass is 302 g/mol. The fourth-order valence-corrected chi connectivity index (χ4v) is 4.87. The molecule has 2 saturated carbocycles. The molecule has 0 aromatic rings. The molecule has 1 aliphatic heterocycles. The second-order valence-electron chi connectivity index (χ2n) is 5.52. The van der Waals surface area contributed by atoms with E-state index in [1.807, 2.05) is 6.08 Å². The van der Waals surface area contributed by atoms with Crippen molar-refractivity contribution in [3.05, 3.63) is 12.2 Å². The summed E-state index contributed by atoms with van der Waals surface area (Å²) in [5, 5.41) is 0. The van der Waals surface area contributed by atoms with E-state index in [2.05, 4.69) is 0 Å². The molecule has 0 amide bonds. The highest BCUT2D eigenvalue weighted by molar-refractivity contribution is 6.51. The summed E-state index contributed by atoms with van der Waals surface area (Å²) in [6.45, 7) is 0. The zero-order chi connectivity index (χ0) is 13.1. The zero-order valence-corrected chi connectivity index (χ0v) is 10.4. The molecule has 0 aromatic heterocycles. The van der Waals surface area contributed by atoms with Crippen molar-refractivity contribution >= 4 is 23.2 Å². The Morgan fingerprint density at radius 2 is 1.61 bits per heavy atom. The van der Waals surface area contributed by atoms with E-state index in [4.69, 9.17) is 27.9 Å². The molecule has 4 rings (SSSR count). The van der Waals surface area contributed by atoms with Gasteiger partial charge in [0.25, 0.3) is 0 Å². The quantitative estimate of drug-likeness (QED) is 0.378. The van der Waals surface area contributed by atoms with Crippen molar-refractivity contribution in [2.24, 2.45) is 17.8 Å². The van der Waals surface area contributed by atoms with Gasteiger partial charge in [0, 0.05) is 11.8 Å². The van der Waals surface area contributed by atoms with Crippen molar-refractivity contribution in [1.82, 2.24) is 0 Å². The van der Waals surface area contributed by atoms with Gasteiger partial charge in [0.1, 0.15) is 0 Å². The fourth-order valence-electron chi connectivity index (χ4n) is 4.06. The van der Waals surface area contributed by atoms with Crippen LogP contribution in [0.4, 0.5) is 17.6 Å². The second kappa shape index (κ2) is 2.72. The predicted molar refractivity (Wildman–Crippen MR) is 56.2 cm³/mol. The van der Waals surface area contributed by atoms with E-state index in [1.165, 1.54) is 0 Å². The Morgan fingerprint density at radius 3 is 2.17 bits per heavy atom. The van der Waals surface area contributed by atoms with E-state index >= 15 is 0 Å². The number of alkyl halides is 6. The van der Waals surface area contributed by atoms with Crippen molar-refractivity contribution in [2.75, 3.05) is 0 Å². The maximum Gasteiger partial charge on any atom is 0.348 e. The van der Waals surface area contributed by atoms with Gasteiger partial charge >= 0.3 is 11.8 Å². The van der Waals surface area contributed by atoms with E-state index in [0.29, 0.717) is 6.42 Å². The Bertz CT molecular complexity index is 458. The number of halogens is 6. The van der Waals surface area contributed by atoms with E-state index in [1.54, 1.807) is 6.08 Å². The number of hydrogen-bond acceptors (Lipinski definition) is 1. The van der Waals surface area contributed by atoms with Crippen LogP contribution in [0.5, 0.6) is 0 Å². The second-order valence-corrected chi connectivity index (χ2v) is 6.84. The molecule has 1 saturated heterocycles. The van der Waals surface area contributed by atoms with Gasteiger partial charge in [-0.3, -0.25) is 0 Å². The molecule has 100 valence electrons. The summed E-state index contributed by atoms with van der Waals surface area (Å²) < 4.78 is 56.7. The number of allylic oxidation sites excluding steroid dienone is 1. The van der Waals surface area contributed by atoms with Crippen LogP contribution in [-0.4, -0.2) is 27.9 Å². The molecular formula is C11H8Cl2F4O. The van der Waals surface area contributed by atoms with Crippen LogP contribution in [0.1, 0.15) is 6.42 Å². The lowest BCUT2D eigenvalue weighted by Gasteiger charge is -2.71. The summed E-state index contributed by atoms with van der Waals surface area (Å²) in [5.74, 6) is -9.65. The predicted octanol–water partition coefficient (Wildman–Crippen LogP) is 3.40. The third-order valence-electron chi connectivity index (χ3n) is 4.90. The zero-order valence-electron chi connectivity index (χ0n) is 8.85. The van der Waals surface area contributed by atoms with Crippen LogP contribution < -0.4 is 0 Å². The smallest absolute Gasteiger partial charge is 0.348 e. The van der Waals surface area contributed by atoms with Crippen LogP contribution in [0.15, 0.2) is 12.2 Å². The number of hydrogen-bond donors (Lipinski definition) is 0. The first kappa shape index (κ1) is 11.8. The minimum Gasteiger partial charge on any atom is -0.360 e. The molecule has 18 heavy (non-hydrogen) atoms. The highest BCUT2D eigenvalue weighted by atomic mass is 35.5. The van der Waals surface area contributed by atoms with Crippen LogP contribution in [0.3, 0.4) is 0 Å². The average Bonchev–Trinajstić information content (AvgIpc) is 2.72. The average molecular weight is 303 g/mol. The summed E-state index contributed by atoms with van der Waals surface area (Å²) in [6.07, 6.45) is 3.88. The first-order valence-electron chi connectivity index (χ1n) is 5.68. The molecule has 7 heteroatoms. The Hall–Kier alpha value is -0.000000000000000111. The van der Waals surface area contributed by atoms with Crippen molar-refractivity contribution in [1.29, 1.82) is 0 Å². The molecule has 1 nitrogen and oxygen atoms in total. The topological polar surface area (TPSA) is 9.23 Å². The lowest BCUT2D eigenvalue weighted by atomic mass is 9.56. The van der Waals surface area contributed by atoms with Crippen molar-refractivity contribution < 1.29 is 22.3 Å². The molecular weight excluding hydrogens is 295 g/mol. The summed E-state index contributed by atoms with van der Waals surface area (Å²) >= 11 is 11.1. The van der Waals surface area contributed by atoms with Crippen LogP contribution in [0.25, 0.3) is 0 Å². The molecule has 3 fully saturated rings. The van der Waals surface area contributed by atoms with Gasteiger partial charge in [-0.2, -0.15) is 17.6 Å². The van der Waals surface area contributed by atoms with E-state index in [9.17, 15) is 17.6 Å². The summed E-state index contributed by atoms with van der Waals surface area (Å²) in [6, 6.07) is 0. The van der Waals surface area contributed by atoms with Crippen molar-refractivity contribution in [3.63, 3.8) is 0 Å². The SMILES string of the molecule is FC1(F)C(F)(F)C2(OC3C4C=CC(C4)C32)C1(Cl)Cl. The van der Waals surface area contributed by atoms with Gasteiger partial charge in [0.05, 0.1) is 6.10 Å². The molecule has 5 unspecified atom stereocenters. The van der Waals surface area contributed by atoms with E-state index < -0.39 is 33.8 Å². The highest BCUT2D eigenvalue weighted by Gasteiger charge is 3.01. The van der Waals surface area contributed by atoms with Gasteiger partial charge in [0.2, 0.25) is 4.33 Å². The van der Waals surface area contributed by atoms with Crippen LogP contribution in [0.2, 0.25) is 0 Å². The molecule has 0 N–H and O–H groups in total. The maximum absolute atomic E-state index is 13.8. The molecule has 3 aliphatic carbocycles. The van der Waals surface area contributed by atoms with Crippen molar-refractivity contribution in [2.45, 2.75) is 34.3 Å².